The van der Waals surface area contributed by atoms with Crippen LogP contribution in [0.5, 0.6) is 17.2 Å². The zero-order valence-corrected chi connectivity index (χ0v) is 22.1. The molecule has 5 rings (SSSR count). The molecule has 0 spiro atoms. The Morgan fingerprint density at radius 1 is 1.10 bits per heavy atom. The van der Waals surface area contributed by atoms with Crippen LogP contribution < -0.4 is 20.1 Å². The molecule has 40 heavy (non-hydrogen) atoms. The van der Waals surface area contributed by atoms with Crippen LogP contribution in [0.3, 0.4) is 0 Å². The summed E-state index contributed by atoms with van der Waals surface area (Å²) in [4.78, 5) is 48.9. The maximum atomic E-state index is 13.1. The van der Waals surface area contributed by atoms with E-state index < -0.39 is 27.4 Å². The van der Waals surface area contributed by atoms with Gasteiger partial charge in [-0.2, -0.15) is 0 Å². The molecule has 2 aromatic carbocycles. The summed E-state index contributed by atoms with van der Waals surface area (Å²) >= 11 is 1.41. The number of anilines is 1. The van der Waals surface area contributed by atoms with Crippen LogP contribution in [-0.4, -0.2) is 47.0 Å². The van der Waals surface area contributed by atoms with E-state index in [1.165, 1.54) is 24.5 Å². The number of nitrogens with one attached hydrogen (secondary N) is 2. The number of carbonyl (C=O) groups is 2. The van der Waals surface area contributed by atoms with Crippen LogP contribution in [0.2, 0.25) is 0 Å². The summed E-state index contributed by atoms with van der Waals surface area (Å²) in [6, 6.07) is 7.88. The van der Waals surface area contributed by atoms with E-state index in [0.29, 0.717) is 35.6 Å². The van der Waals surface area contributed by atoms with Crippen LogP contribution in [0.4, 0.5) is 21.2 Å². The zero-order valence-electron chi connectivity index (χ0n) is 21.3. The molecule has 2 amide bonds. The highest BCUT2D eigenvalue weighted by atomic mass is 32.1. The highest BCUT2D eigenvalue weighted by Gasteiger charge is 2.35. The standard InChI is InChI=1S/C25H23N5O9S/c1-3-38-25(32)28-9-8-15-20(12-28)40-24-21(15)23(31)26-22(27-24)13-4-6-18(19(10-13)37-2)39-17-7-5-14(29(33)34)11-16(17)30(35)36/h4-7,10-11,22,27H,3,8-9,12H2,1-2H3,(H,26,31). The number of hydrogen-bond donors (Lipinski definition) is 2. The van der Waals surface area contributed by atoms with Crippen molar-refractivity contribution in [3.05, 3.63) is 78.2 Å². The molecule has 1 atom stereocenters. The third kappa shape index (κ3) is 4.93. The van der Waals surface area contributed by atoms with E-state index in [1.807, 2.05) is 0 Å². The van der Waals surface area contributed by atoms with E-state index in [0.717, 1.165) is 28.6 Å². The Morgan fingerprint density at radius 3 is 2.58 bits per heavy atom. The second kappa shape index (κ2) is 10.7. The average molecular weight is 570 g/mol. The van der Waals surface area contributed by atoms with Gasteiger partial charge in [0.1, 0.15) is 11.2 Å². The van der Waals surface area contributed by atoms with Gasteiger partial charge in [-0.1, -0.05) is 6.07 Å². The summed E-state index contributed by atoms with van der Waals surface area (Å²) in [5, 5.41) is 29.5. The fraction of sp³-hybridized carbons (Fsp3) is 0.280. The monoisotopic (exact) mass is 569 g/mol. The largest absolute Gasteiger partial charge is 0.493 e. The normalized spacial score (nSPS) is 15.7. The van der Waals surface area contributed by atoms with Gasteiger partial charge >= 0.3 is 11.8 Å². The van der Waals surface area contributed by atoms with Gasteiger partial charge in [-0.3, -0.25) is 25.0 Å². The number of non-ortho nitro benzene ring substituents is 1. The molecular formula is C25H23N5O9S. The van der Waals surface area contributed by atoms with Crippen molar-refractivity contribution in [1.82, 2.24) is 10.2 Å². The van der Waals surface area contributed by atoms with Gasteiger partial charge in [0.2, 0.25) is 5.75 Å². The zero-order chi connectivity index (χ0) is 28.6. The molecule has 2 aliphatic heterocycles. The predicted molar refractivity (Wildman–Crippen MR) is 142 cm³/mol. The van der Waals surface area contributed by atoms with E-state index in [9.17, 15) is 29.8 Å². The second-order valence-electron chi connectivity index (χ2n) is 8.81. The highest BCUT2D eigenvalue weighted by Crippen LogP contribution is 2.43. The van der Waals surface area contributed by atoms with Crippen molar-refractivity contribution in [2.45, 2.75) is 26.1 Å². The molecule has 2 aliphatic rings. The van der Waals surface area contributed by atoms with Crippen molar-refractivity contribution in [2.75, 3.05) is 25.6 Å². The Hall–Kier alpha value is -4.92. The summed E-state index contributed by atoms with van der Waals surface area (Å²) in [5.74, 6) is -0.0859. The number of carbonyl (C=O) groups excluding carboxylic acids is 2. The van der Waals surface area contributed by atoms with Crippen molar-refractivity contribution in [3.8, 4) is 17.2 Å². The summed E-state index contributed by atoms with van der Waals surface area (Å²) in [6.07, 6.45) is -0.463. The summed E-state index contributed by atoms with van der Waals surface area (Å²) in [5.41, 5.74) is 1.09. The number of amides is 2. The number of thiophene rings is 1. The van der Waals surface area contributed by atoms with Crippen molar-refractivity contribution >= 4 is 39.7 Å². The first-order chi connectivity index (χ1) is 19.2. The van der Waals surface area contributed by atoms with Gasteiger partial charge in [0.05, 0.1) is 41.7 Å². The SMILES string of the molecule is CCOC(=O)N1CCc2c(sc3c2C(=O)NC(c2ccc(Oc4ccc([N+](=O)[O-])cc4[N+](=O)[O-])c(OC)c2)N3)C1. The van der Waals surface area contributed by atoms with Crippen LogP contribution in [-0.2, 0) is 17.7 Å². The van der Waals surface area contributed by atoms with Gasteiger partial charge in [0.25, 0.3) is 11.6 Å². The Morgan fingerprint density at radius 2 is 1.88 bits per heavy atom. The average Bonchev–Trinajstić information content (AvgIpc) is 3.31. The number of ether oxygens (including phenoxy) is 3. The van der Waals surface area contributed by atoms with Crippen LogP contribution in [0.1, 0.15) is 39.5 Å². The summed E-state index contributed by atoms with van der Waals surface area (Å²) < 4.78 is 16.3. The number of rotatable bonds is 7. The minimum atomic E-state index is -0.769. The molecule has 0 fully saturated rings. The number of hydrogen-bond acceptors (Lipinski definition) is 11. The van der Waals surface area contributed by atoms with E-state index in [2.05, 4.69) is 10.6 Å². The van der Waals surface area contributed by atoms with Gasteiger partial charge in [0, 0.05) is 17.5 Å². The molecule has 1 aromatic heterocycles. The minimum absolute atomic E-state index is 0.136. The molecule has 0 bridgehead atoms. The second-order valence-corrected chi connectivity index (χ2v) is 9.91. The predicted octanol–water partition coefficient (Wildman–Crippen LogP) is 4.73. The van der Waals surface area contributed by atoms with Crippen LogP contribution >= 0.6 is 11.3 Å². The van der Waals surface area contributed by atoms with Gasteiger partial charge in [-0.25, -0.2) is 4.79 Å². The van der Waals surface area contributed by atoms with Crippen LogP contribution in [0.15, 0.2) is 36.4 Å². The first-order valence-electron chi connectivity index (χ1n) is 12.1. The van der Waals surface area contributed by atoms with Gasteiger partial charge < -0.3 is 29.7 Å². The van der Waals surface area contributed by atoms with Gasteiger partial charge in [-0.15, -0.1) is 11.3 Å². The Bertz CT molecular complexity index is 1540. The van der Waals surface area contributed by atoms with Gasteiger partial charge in [0.15, 0.2) is 11.5 Å². The van der Waals surface area contributed by atoms with Crippen molar-refractivity contribution in [1.29, 1.82) is 0 Å². The van der Waals surface area contributed by atoms with Crippen LogP contribution in [0.25, 0.3) is 0 Å². The molecule has 208 valence electrons. The topological polar surface area (TPSA) is 175 Å². The maximum Gasteiger partial charge on any atom is 0.410 e. The number of nitro groups is 2. The molecule has 0 saturated heterocycles. The Kier molecular flexibility index (Phi) is 7.13. The van der Waals surface area contributed by atoms with Gasteiger partial charge in [-0.05, 0) is 42.7 Å². The van der Waals surface area contributed by atoms with E-state index >= 15 is 0 Å². The van der Waals surface area contributed by atoms with Crippen molar-refractivity contribution < 1.29 is 33.6 Å². The summed E-state index contributed by atoms with van der Waals surface area (Å²) in [6.45, 7) is 2.85. The maximum absolute atomic E-state index is 13.1. The molecule has 14 nitrogen and oxygen atoms in total. The molecule has 0 radical (unpaired) electrons. The van der Waals surface area contributed by atoms with E-state index in [1.54, 1.807) is 24.0 Å². The minimum Gasteiger partial charge on any atom is -0.493 e. The lowest BCUT2D eigenvalue weighted by Crippen LogP contribution is -2.39. The third-order valence-corrected chi connectivity index (χ3v) is 7.60. The van der Waals surface area contributed by atoms with Crippen molar-refractivity contribution in [3.63, 3.8) is 0 Å². The molecule has 0 aliphatic carbocycles. The van der Waals surface area contributed by atoms with Crippen molar-refractivity contribution in [2.24, 2.45) is 0 Å². The Labute approximate surface area is 230 Å². The van der Waals surface area contributed by atoms with E-state index in [4.69, 9.17) is 14.2 Å². The Balaban J connectivity index is 1.38. The molecule has 3 aromatic rings. The lowest BCUT2D eigenvalue weighted by molar-refractivity contribution is -0.394. The lowest BCUT2D eigenvalue weighted by Gasteiger charge is -2.28. The van der Waals surface area contributed by atoms with Crippen LogP contribution in [0, 0.1) is 20.2 Å². The smallest absolute Gasteiger partial charge is 0.410 e. The fourth-order valence-corrected chi connectivity index (χ4v) is 5.86. The first-order valence-corrected chi connectivity index (χ1v) is 12.9. The molecule has 2 N–H and O–H groups in total. The third-order valence-electron chi connectivity index (χ3n) is 6.45. The quantitative estimate of drug-likeness (QED) is 0.299. The fourth-order valence-electron chi connectivity index (χ4n) is 4.57. The molecule has 1 unspecified atom stereocenters. The molecule has 0 saturated carbocycles. The number of nitrogens with zero attached hydrogens (tertiary/aromatic N) is 3. The highest BCUT2D eigenvalue weighted by molar-refractivity contribution is 7.16. The number of methoxy groups -OCH3 is 1. The number of nitro benzene ring substituents is 2. The first kappa shape index (κ1) is 26.7. The molecule has 3 heterocycles. The van der Waals surface area contributed by atoms with E-state index in [-0.39, 0.29) is 35.9 Å². The lowest BCUT2D eigenvalue weighted by atomic mass is 10.0. The number of benzene rings is 2. The summed E-state index contributed by atoms with van der Waals surface area (Å²) in [7, 11) is 1.39. The number of fused-ring (bicyclic) bond motifs is 3. The molecule has 15 heteroatoms. The molecular weight excluding hydrogens is 546 g/mol.